The molecule has 0 aliphatic heterocycles. The third kappa shape index (κ3) is 1.97. The predicted octanol–water partition coefficient (Wildman–Crippen LogP) is 2.39. The lowest BCUT2D eigenvalue weighted by Crippen LogP contribution is -2.05. The van der Waals surface area contributed by atoms with Crippen molar-refractivity contribution in [3.8, 4) is 5.75 Å². The minimum atomic E-state index is 0.869. The molecule has 0 saturated carbocycles. The van der Waals surface area contributed by atoms with Gasteiger partial charge in [0.2, 0.25) is 0 Å². The van der Waals surface area contributed by atoms with Crippen LogP contribution in [0.25, 0.3) is 0 Å². The van der Waals surface area contributed by atoms with Crippen LogP contribution < -0.4 is 10.1 Å². The van der Waals surface area contributed by atoms with Crippen LogP contribution in [-0.2, 0) is 6.42 Å². The molecule has 0 spiro atoms. The number of aromatic nitrogens is 1. The van der Waals surface area contributed by atoms with Gasteiger partial charge in [-0.2, -0.15) is 0 Å². The van der Waals surface area contributed by atoms with Crippen LogP contribution in [0.3, 0.4) is 0 Å². The molecule has 0 fully saturated rings. The molecule has 0 aliphatic carbocycles. The Labute approximate surface area is 85.5 Å². The second-order valence-corrected chi connectivity index (χ2v) is 3.15. The number of nitrogens with one attached hydrogen (secondary N) is 1. The van der Waals surface area contributed by atoms with Gasteiger partial charge in [0, 0.05) is 12.1 Å². The summed E-state index contributed by atoms with van der Waals surface area (Å²) < 4.78 is 5.28. The molecule has 0 saturated heterocycles. The maximum atomic E-state index is 5.28. The molecule has 1 rings (SSSR count). The Bertz CT molecular complexity index is 310. The molecule has 1 aromatic heterocycles. The van der Waals surface area contributed by atoms with Gasteiger partial charge in [0.05, 0.1) is 24.7 Å². The maximum Gasteiger partial charge on any atom is 0.142 e. The zero-order valence-electron chi connectivity index (χ0n) is 9.35. The van der Waals surface area contributed by atoms with Crippen LogP contribution in [0.1, 0.15) is 25.1 Å². The van der Waals surface area contributed by atoms with E-state index in [1.807, 2.05) is 6.92 Å². The molecule has 1 N–H and O–H groups in total. The summed E-state index contributed by atoms with van der Waals surface area (Å²) in [6.07, 6.45) is 2.74. The Kier molecular flexibility index (Phi) is 3.74. The van der Waals surface area contributed by atoms with E-state index in [1.165, 1.54) is 5.56 Å². The second kappa shape index (κ2) is 4.84. The van der Waals surface area contributed by atoms with Crippen molar-refractivity contribution in [2.24, 2.45) is 0 Å². The van der Waals surface area contributed by atoms with E-state index in [1.54, 1.807) is 13.3 Å². The smallest absolute Gasteiger partial charge is 0.142 e. The number of nitrogens with zero attached hydrogens (tertiary/aromatic N) is 1. The van der Waals surface area contributed by atoms with Gasteiger partial charge in [-0.3, -0.25) is 4.98 Å². The van der Waals surface area contributed by atoms with Gasteiger partial charge < -0.3 is 10.1 Å². The highest BCUT2D eigenvalue weighted by Gasteiger charge is 2.10. The summed E-state index contributed by atoms with van der Waals surface area (Å²) in [5.41, 5.74) is 3.36. The zero-order valence-corrected chi connectivity index (χ0v) is 9.35. The first kappa shape index (κ1) is 10.8. The highest BCUT2D eigenvalue weighted by atomic mass is 16.5. The van der Waals surface area contributed by atoms with Gasteiger partial charge in [-0.25, -0.2) is 0 Å². The van der Waals surface area contributed by atoms with Crippen molar-refractivity contribution in [3.05, 3.63) is 17.5 Å². The van der Waals surface area contributed by atoms with E-state index in [2.05, 4.69) is 24.1 Å². The molecule has 0 aliphatic rings. The zero-order chi connectivity index (χ0) is 10.6. The number of rotatable bonds is 4. The van der Waals surface area contributed by atoms with Crippen molar-refractivity contribution < 1.29 is 4.74 Å². The Balaban J connectivity index is 3.20. The molecule has 0 unspecified atom stereocenters. The first-order chi connectivity index (χ1) is 6.74. The average molecular weight is 194 g/mol. The normalized spacial score (nSPS) is 10.0. The van der Waals surface area contributed by atoms with Gasteiger partial charge in [-0.15, -0.1) is 0 Å². The quantitative estimate of drug-likeness (QED) is 0.799. The molecule has 0 atom stereocenters. The molecular formula is C11H18N2O. The molecule has 14 heavy (non-hydrogen) atoms. The molecule has 3 nitrogen and oxygen atoms in total. The fraction of sp³-hybridized carbons (Fsp3) is 0.545. The first-order valence-electron chi connectivity index (χ1n) is 5.00. The minimum Gasteiger partial charge on any atom is -0.495 e. The number of ether oxygens (including phenoxy) is 1. The second-order valence-electron chi connectivity index (χ2n) is 3.15. The summed E-state index contributed by atoms with van der Waals surface area (Å²) in [4.78, 5) is 4.29. The average Bonchev–Trinajstić information content (AvgIpc) is 2.21. The van der Waals surface area contributed by atoms with Crippen molar-refractivity contribution in [3.63, 3.8) is 0 Å². The SMILES string of the molecule is CCNc1c(C)ncc(OC)c1CC. The van der Waals surface area contributed by atoms with E-state index in [0.29, 0.717) is 0 Å². The summed E-state index contributed by atoms with van der Waals surface area (Å²) in [7, 11) is 1.68. The van der Waals surface area contributed by atoms with E-state index in [0.717, 1.165) is 30.1 Å². The maximum absolute atomic E-state index is 5.28. The van der Waals surface area contributed by atoms with E-state index >= 15 is 0 Å². The number of hydrogen-bond donors (Lipinski definition) is 1. The number of methoxy groups -OCH3 is 1. The fourth-order valence-electron chi connectivity index (χ4n) is 1.58. The van der Waals surface area contributed by atoms with Crippen LogP contribution in [0.2, 0.25) is 0 Å². The molecule has 0 aromatic carbocycles. The van der Waals surface area contributed by atoms with Gasteiger partial charge in [0.25, 0.3) is 0 Å². The Morgan fingerprint density at radius 1 is 1.43 bits per heavy atom. The van der Waals surface area contributed by atoms with Gasteiger partial charge in [-0.1, -0.05) is 6.92 Å². The van der Waals surface area contributed by atoms with Crippen LogP contribution in [0.5, 0.6) is 5.75 Å². The topological polar surface area (TPSA) is 34.2 Å². The summed E-state index contributed by atoms with van der Waals surface area (Å²) in [6.45, 7) is 7.12. The lowest BCUT2D eigenvalue weighted by molar-refractivity contribution is 0.408. The molecular weight excluding hydrogens is 176 g/mol. The molecule has 0 bridgehead atoms. The Hall–Kier alpha value is -1.25. The summed E-state index contributed by atoms with van der Waals surface area (Å²) in [6, 6.07) is 0. The van der Waals surface area contributed by atoms with Crippen molar-refractivity contribution >= 4 is 5.69 Å². The van der Waals surface area contributed by atoms with E-state index in [-0.39, 0.29) is 0 Å². The Morgan fingerprint density at radius 2 is 2.14 bits per heavy atom. The number of aryl methyl sites for hydroxylation is 1. The first-order valence-corrected chi connectivity index (χ1v) is 5.00. The molecule has 0 radical (unpaired) electrons. The highest BCUT2D eigenvalue weighted by molar-refractivity contribution is 5.59. The van der Waals surface area contributed by atoms with Crippen molar-refractivity contribution in [1.82, 2.24) is 4.98 Å². The van der Waals surface area contributed by atoms with Crippen molar-refractivity contribution in [2.75, 3.05) is 19.0 Å². The van der Waals surface area contributed by atoms with E-state index in [9.17, 15) is 0 Å². The van der Waals surface area contributed by atoms with Gasteiger partial charge >= 0.3 is 0 Å². The largest absolute Gasteiger partial charge is 0.495 e. The van der Waals surface area contributed by atoms with Crippen molar-refractivity contribution in [2.45, 2.75) is 27.2 Å². The monoisotopic (exact) mass is 194 g/mol. The van der Waals surface area contributed by atoms with Crippen LogP contribution >= 0.6 is 0 Å². The van der Waals surface area contributed by atoms with Crippen LogP contribution in [0, 0.1) is 6.92 Å². The number of hydrogen-bond acceptors (Lipinski definition) is 3. The van der Waals surface area contributed by atoms with Gasteiger partial charge in [0.1, 0.15) is 5.75 Å². The van der Waals surface area contributed by atoms with Crippen LogP contribution in [-0.4, -0.2) is 18.6 Å². The molecule has 0 amide bonds. The lowest BCUT2D eigenvalue weighted by atomic mass is 10.1. The fourth-order valence-corrected chi connectivity index (χ4v) is 1.58. The number of anilines is 1. The molecule has 3 heteroatoms. The standard InChI is InChI=1S/C11H18N2O/c1-5-9-10(14-4)7-13-8(3)11(9)12-6-2/h7,12H,5-6H2,1-4H3. The van der Waals surface area contributed by atoms with Gasteiger partial charge in [0.15, 0.2) is 0 Å². The van der Waals surface area contributed by atoms with E-state index in [4.69, 9.17) is 4.74 Å². The highest BCUT2D eigenvalue weighted by Crippen LogP contribution is 2.28. The third-order valence-corrected chi connectivity index (χ3v) is 2.26. The lowest BCUT2D eigenvalue weighted by Gasteiger charge is -2.15. The molecule has 1 aromatic rings. The summed E-state index contributed by atoms with van der Waals surface area (Å²) in [5.74, 6) is 0.869. The summed E-state index contributed by atoms with van der Waals surface area (Å²) in [5, 5.41) is 3.33. The Morgan fingerprint density at radius 3 is 2.64 bits per heavy atom. The summed E-state index contributed by atoms with van der Waals surface area (Å²) >= 11 is 0. The van der Waals surface area contributed by atoms with Crippen LogP contribution in [0.15, 0.2) is 6.20 Å². The predicted molar refractivity (Wildman–Crippen MR) is 59.1 cm³/mol. The minimum absolute atomic E-state index is 0.869. The molecule has 1 heterocycles. The third-order valence-electron chi connectivity index (χ3n) is 2.26. The van der Waals surface area contributed by atoms with E-state index < -0.39 is 0 Å². The van der Waals surface area contributed by atoms with Gasteiger partial charge in [-0.05, 0) is 20.3 Å². The van der Waals surface area contributed by atoms with Crippen LogP contribution in [0.4, 0.5) is 5.69 Å². The van der Waals surface area contributed by atoms with Crippen molar-refractivity contribution in [1.29, 1.82) is 0 Å². The molecule has 78 valence electrons. The number of pyridine rings is 1.